The molecule has 1 unspecified atom stereocenters. The van der Waals surface area contributed by atoms with Crippen LogP contribution in [0.5, 0.6) is 0 Å². The van der Waals surface area contributed by atoms with Gasteiger partial charge in [-0.3, -0.25) is 19.6 Å². The van der Waals surface area contributed by atoms with E-state index in [-0.39, 0.29) is 12.5 Å². The molecule has 0 radical (unpaired) electrons. The molecule has 5 rings (SSSR count). The van der Waals surface area contributed by atoms with Crippen molar-refractivity contribution in [3.8, 4) is 0 Å². The summed E-state index contributed by atoms with van der Waals surface area (Å²) < 4.78 is 14.1. The number of imide groups is 1. The Balaban J connectivity index is 1.38. The second-order valence-corrected chi connectivity index (χ2v) is 8.34. The van der Waals surface area contributed by atoms with Crippen LogP contribution >= 0.6 is 0 Å². The number of hydrogen-bond donors (Lipinski definition) is 1. The molecule has 0 saturated carbocycles. The van der Waals surface area contributed by atoms with E-state index in [2.05, 4.69) is 27.3 Å². The zero-order chi connectivity index (χ0) is 21.4. The Morgan fingerprint density at radius 1 is 1.06 bits per heavy atom. The average molecular weight is 418 g/mol. The van der Waals surface area contributed by atoms with Crippen LogP contribution in [0, 0.1) is 5.82 Å². The van der Waals surface area contributed by atoms with Gasteiger partial charge in [-0.25, -0.2) is 9.18 Å². The quantitative estimate of drug-likeness (QED) is 0.659. The molecule has 0 aliphatic carbocycles. The maximum atomic E-state index is 14.1. The van der Waals surface area contributed by atoms with Crippen LogP contribution in [0.25, 0.3) is 10.9 Å². The van der Waals surface area contributed by atoms with Crippen LogP contribution < -0.4 is 5.32 Å². The molecule has 1 spiro atoms. The van der Waals surface area contributed by atoms with Gasteiger partial charge >= 0.3 is 6.03 Å². The Kier molecular flexibility index (Phi) is 4.90. The van der Waals surface area contributed by atoms with Crippen LogP contribution in [0.2, 0.25) is 0 Å². The van der Waals surface area contributed by atoms with Gasteiger partial charge in [-0.15, -0.1) is 0 Å². The van der Waals surface area contributed by atoms with E-state index in [0.29, 0.717) is 29.4 Å². The Morgan fingerprint density at radius 3 is 2.74 bits per heavy atom. The Labute approximate surface area is 179 Å². The lowest BCUT2D eigenvalue weighted by molar-refractivity contribution is -0.133. The third kappa shape index (κ3) is 3.65. The topological polar surface area (TPSA) is 65.5 Å². The van der Waals surface area contributed by atoms with Crippen LogP contribution in [0.4, 0.5) is 9.18 Å². The van der Waals surface area contributed by atoms with E-state index in [4.69, 9.17) is 0 Å². The Morgan fingerprint density at radius 2 is 1.90 bits per heavy atom. The highest BCUT2D eigenvalue weighted by atomic mass is 19.1. The summed E-state index contributed by atoms with van der Waals surface area (Å²) >= 11 is 0. The molecule has 3 heterocycles. The van der Waals surface area contributed by atoms with Gasteiger partial charge in [0.15, 0.2) is 0 Å². The minimum absolute atomic E-state index is 0.00360. The number of carbonyl (C=O) groups excluding carboxylic acids is 2. The second-order valence-electron chi connectivity index (χ2n) is 8.34. The standard InChI is InChI=1S/C24H23FN4O2/c25-20-12-18-8-4-10-26-21(18)19(13-20)15-29-22(30)24(27-23(29)31)9-5-11-28(16-24)14-17-6-2-1-3-7-17/h1-4,6-8,10,12-13H,5,9,11,14-16H2,(H,27,31). The molecule has 31 heavy (non-hydrogen) atoms. The SMILES string of the molecule is O=C1NC2(CCCN(Cc3ccccc3)C2)C(=O)N1Cc1cc(F)cc2cccnc12. The lowest BCUT2D eigenvalue weighted by Gasteiger charge is -2.38. The summed E-state index contributed by atoms with van der Waals surface area (Å²) in [6, 6.07) is 15.9. The first-order valence-electron chi connectivity index (χ1n) is 10.5. The third-order valence-corrected chi connectivity index (χ3v) is 6.14. The molecule has 1 N–H and O–H groups in total. The lowest BCUT2D eigenvalue weighted by Crippen LogP contribution is -2.58. The summed E-state index contributed by atoms with van der Waals surface area (Å²) in [5, 5.41) is 3.59. The number of carbonyl (C=O) groups is 2. The summed E-state index contributed by atoms with van der Waals surface area (Å²) in [6.07, 6.45) is 3.04. The number of aromatic nitrogens is 1. The third-order valence-electron chi connectivity index (χ3n) is 6.14. The first-order chi connectivity index (χ1) is 15.0. The summed E-state index contributed by atoms with van der Waals surface area (Å²) in [5.74, 6) is -0.660. The summed E-state index contributed by atoms with van der Waals surface area (Å²) in [4.78, 5) is 34.0. The van der Waals surface area contributed by atoms with Crippen molar-refractivity contribution in [2.75, 3.05) is 13.1 Å². The summed E-state index contributed by atoms with van der Waals surface area (Å²) in [7, 11) is 0. The molecule has 2 aliphatic heterocycles. The fourth-order valence-electron chi connectivity index (χ4n) is 4.74. The van der Waals surface area contributed by atoms with E-state index in [0.717, 1.165) is 19.5 Å². The van der Waals surface area contributed by atoms with Crippen LogP contribution in [-0.4, -0.2) is 45.4 Å². The maximum absolute atomic E-state index is 14.1. The number of pyridine rings is 1. The van der Waals surface area contributed by atoms with E-state index < -0.39 is 17.4 Å². The largest absolute Gasteiger partial charge is 0.325 e. The van der Waals surface area contributed by atoms with E-state index in [9.17, 15) is 14.0 Å². The number of urea groups is 1. The molecule has 158 valence electrons. The van der Waals surface area contributed by atoms with Crippen LogP contribution in [0.1, 0.15) is 24.0 Å². The van der Waals surface area contributed by atoms with Gasteiger partial charge in [0, 0.05) is 30.2 Å². The van der Waals surface area contributed by atoms with Gasteiger partial charge in [0.2, 0.25) is 0 Å². The van der Waals surface area contributed by atoms with Crippen molar-refractivity contribution in [2.45, 2.75) is 31.5 Å². The first-order valence-corrected chi connectivity index (χ1v) is 10.5. The average Bonchev–Trinajstić information content (AvgIpc) is 2.98. The number of fused-ring (bicyclic) bond motifs is 1. The predicted molar refractivity (Wildman–Crippen MR) is 114 cm³/mol. The second kappa shape index (κ2) is 7.74. The van der Waals surface area contributed by atoms with Crippen LogP contribution in [0.15, 0.2) is 60.8 Å². The normalized spacial score (nSPS) is 21.8. The van der Waals surface area contributed by atoms with Crippen LogP contribution in [-0.2, 0) is 17.9 Å². The van der Waals surface area contributed by atoms with Gasteiger partial charge in [0.1, 0.15) is 11.4 Å². The number of nitrogens with one attached hydrogen (secondary N) is 1. The van der Waals surface area contributed by atoms with Crippen molar-refractivity contribution < 1.29 is 14.0 Å². The highest BCUT2D eigenvalue weighted by molar-refractivity contribution is 6.07. The molecule has 1 atom stereocenters. The molecular formula is C24H23FN4O2. The molecule has 3 aromatic rings. The van der Waals surface area contributed by atoms with Gasteiger partial charge in [-0.1, -0.05) is 36.4 Å². The number of benzene rings is 2. The molecule has 6 nitrogen and oxygen atoms in total. The monoisotopic (exact) mass is 418 g/mol. The van der Waals surface area contributed by atoms with Gasteiger partial charge in [0.25, 0.3) is 5.91 Å². The maximum Gasteiger partial charge on any atom is 0.325 e. The number of piperidine rings is 1. The van der Waals surface area contributed by atoms with Crippen molar-refractivity contribution in [3.63, 3.8) is 0 Å². The van der Waals surface area contributed by atoms with Crippen molar-refractivity contribution in [2.24, 2.45) is 0 Å². The molecule has 0 bridgehead atoms. The molecule has 2 fully saturated rings. The fourth-order valence-corrected chi connectivity index (χ4v) is 4.74. The van der Waals surface area contributed by atoms with Gasteiger partial charge < -0.3 is 5.32 Å². The van der Waals surface area contributed by atoms with E-state index in [1.807, 2.05) is 18.2 Å². The molecule has 2 aromatic carbocycles. The highest BCUT2D eigenvalue weighted by Gasteiger charge is 2.52. The van der Waals surface area contributed by atoms with Crippen molar-refractivity contribution >= 4 is 22.8 Å². The fraction of sp³-hybridized carbons (Fsp3) is 0.292. The van der Waals surface area contributed by atoms with E-state index in [1.54, 1.807) is 18.3 Å². The lowest BCUT2D eigenvalue weighted by atomic mass is 9.88. The number of amides is 3. The minimum atomic E-state index is -0.930. The Bertz CT molecular complexity index is 1150. The van der Waals surface area contributed by atoms with Crippen molar-refractivity contribution in [3.05, 3.63) is 77.7 Å². The molecule has 1 aromatic heterocycles. The molecular weight excluding hydrogens is 395 g/mol. The molecule has 7 heteroatoms. The number of halogens is 1. The smallest absolute Gasteiger partial charge is 0.322 e. The number of rotatable bonds is 4. The highest BCUT2D eigenvalue weighted by Crippen LogP contribution is 2.31. The summed E-state index contributed by atoms with van der Waals surface area (Å²) in [6.45, 7) is 2.06. The zero-order valence-electron chi connectivity index (χ0n) is 17.1. The number of nitrogens with zero attached hydrogens (tertiary/aromatic N) is 3. The molecule has 2 saturated heterocycles. The Hall–Kier alpha value is -3.32. The number of likely N-dealkylation sites (tertiary alicyclic amines) is 1. The predicted octanol–water partition coefficient (Wildman–Crippen LogP) is 3.46. The van der Waals surface area contributed by atoms with E-state index in [1.165, 1.54) is 22.6 Å². The van der Waals surface area contributed by atoms with Crippen LogP contribution in [0.3, 0.4) is 0 Å². The molecule has 2 aliphatic rings. The van der Waals surface area contributed by atoms with Gasteiger partial charge in [-0.2, -0.15) is 0 Å². The minimum Gasteiger partial charge on any atom is -0.322 e. The van der Waals surface area contributed by atoms with Gasteiger partial charge in [0.05, 0.1) is 12.1 Å². The van der Waals surface area contributed by atoms with Gasteiger partial charge in [-0.05, 0) is 43.1 Å². The summed E-state index contributed by atoms with van der Waals surface area (Å²) in [5.41, 5.74) is 1.36. The molecule has 3 amide bonds. The number of hydrogen-bond acceptors (Lipinski definition) is 4. The zero-order valence-corrected chi connectivity index (χ0v) is 17.1. The van der Waals surface area contributed by atoms with Crippen molar-refractivity contribution in [1.82, 2.24) is 20.1 Å². The first kappa shape index (κ1) is 19.6. The van der Waals surface area contributed by atoms with E-state index >= 15 is 0 Å². The van der Waals surface area contributed by atoms with Crippen molar-refractivity contribution in [1.29, 1.82) is 0 Å².